The molecule has 0 spiro atoms. The normalized spacial score (nSPS) is 37.7. The van der Waals surface area contributed by atoms with Crippen molar-refractivity contribution < 1.29 is 9.84 Å². The highest BCUT2D eigenvalue weighted by Gasteiger charge is 2.49. The van der Waals surface area contributed by atoms with Crippen LogP contribution in [0.3, 0.4) is 0 Å². The molecule has 3 fully saturated rings. The third-order valence-electron chi connectivity index (χ3n) is 4.62. The van der Waals surface area contributed by atoms with E-state index < -0.39 is 0 Å². The fourth-order valence-electron chi connectivity index (χ4n) is 3.43. The van der Waals surface area contributed by atoms with Gasteiger partial charge in [-0.2, -0.15) is 0 Å². The Labute approximate surface area is 103 Å². The largest absolute Gasteiger partial charge is 0.394 e. The van der Waals surface area contributed by atoms with Crippen LogP contribution in [0.1, 0.15) is 32.1 Å². The van der Waals surface area contributed by atoms with Gasteiger partial charge < -0.3 is 9.84 Å². The molecule has 2 heterocycles. The van der Waals surface area contributed by atoms with Gasteiger partial charge in [0, 0.05) is 24.7 Å². The van der Waals surface area contributed by atoms with Crippen molar-refractivity contribution in [3.05, 3.63) is 12.2 Å². The van der Waals surface area contributed by atoms with E-state index in [9.17, 15) is 5.11 Å². The van der Waals surface area contributed by atoms with Gasteiger partial charge in [0.15, 0.2) is 0 Å². The van der Waals surface area contributed by atoms with E-state index >= 15 is 0 Å². The molecule has 1 saturated carbocycles. The zero-order valence-electron chi connectivity index (χ0n) is 10.5. The van der Waals surface area contributed by atoms with Crippen LogP contribution < -0.4 is 0 Å². The van der Waals surface area contributed by atoms with Crippen LogP contribution in [0.25, 0.3) is 0 Å². The van der Waals surface area contributed by atoms with Crippen LogP contribution in [0.5, 0.6) is 0 Å². The smallest absolute Gasteiger partial charge is 0.0622 e. The second-order valence-corrected chi connectivity index (χ2v) is 6.11. The minimum atomic E-state index is 0.00465. The summed E-state index contributed by atoms with van der Waals surface area (Å²) in [5.74, 6) is 0.840. The summed E-state index contributed by atoms with van der Waals surface area (Å²) in [6, 6.07) is 0.500. The number of ether oxygens (including phenoxy) is 1. The summed E-state index contributed by atoms with van der Waals surface area (Å²) in [4.78, 5) is 2.45. The Morgan fingerprint density at radius 3 is 2.88 bits per heavy atom. The molecular weight excluding hydrogens is 214 g/mol. The number of hydrogen-bond donors (Lipinski definition) is 1. The molecule has 0 radical (unpaired) electrons. The van der Waals surface area contributed by atoms with E-state index in [-0.39, 0.29) is 12.1 Å². The number of aliphatic hydroxyl groups excluding tert-OH is 1. The highest BCUT2D eigenvalue weighted by molar-refractivity contribution is 5.19. The molecule has 3 heteroatoms. The SMILES string of the molecule is C=C1CN2[C@H](COCC3CC3)CC[C@@]2(CO)C1. The minimum absolute atomic E-state index is 0.00465. The van der Waals surface area contributed by atoms with Gasteiger partial charge in [0.05, 0.1) is 13.2 Å². The van der Waals surface area contributed by atoms with Crippen molar-refractivity contribution in [1.82, 2.24) is 4.90 Å². The molecular formula is C14H23NO2. The van der Waals surface area contributed by atoms with Gasteiger partial charge in [-0.05, 0) is 38.0 Å². The number of hydrogen-bond acceptors (Lipinski definition) is 3. The van der Waals surface area contributed by atoms with Gasteiger partial charge in [-0.1, -0.05) is 12.2 Å². The molecule has 2 aliphatic heterocycles. The fourth-order valence-corrected chi connectivity index (χ4v) is 3.43. The molecule has 1 N–H and O–H groups in total. The molecule has 1 aliphatic carbocycles. The molecule has 0 aromatic rings. The maximum absolute atomic E-state index is 9.66. The van der Waals surface area contributed by atoms with Gasteiger partial charge in [-0.25, -0.2) is 0 Å². The molecule has 3 rings (SSSR count). The van der Waals surface area contributed by atoms with Crippen molar-refractivity contribution in [2.75, 3.05) is 26.4 Å². The van der Waals surface area contributed by atoms with Crippen molar-refractivity contribution in [3.63, 3.8) is 0 Å². The number of rotatable bonds is 5. The average molecular weight is 237 g/mol. The van der Waals surface area contributed by atoms with Gasteiger partial charge in [-0.3, -0.25) is 4.90 Å². The van der Waals surface area contributed by atoms with E-state index in [1.807, 2.05) is 0 Å². The summed E-state index contributed by atoms with van der Waals surface area (Å²) in [7, 11) is 0. The number of nitrogens with zero attached hydrogens (tertiary/aromatic N) is 1. The van der Waals surface area contributed by atoms with E-state index in [1.54, 1.807) is 0 Å². The highest BCUT2D eigenvalue weighted by atomic mass is 16.5. The Morgan fingerprint density at radius 1 is 1.35 bits per heavy atom. The van der Waals surface area contributed by atoms with Gasteiger partial charge in [0.2, 0.25) is 0 Å². The molecule has 3 nitrogen and oxygen atoms in total. The minimum Gasteiger partial charge on any atom is -0.394 e. The van der Waals surface area contributed by atoms with E-state index in [4.69, 9.17) is 4.74 Å². The lowest BCUT2D eigenvalue weighted by Gasteiger charge is -2.32. The monoisotopic (exact) mass is 237 g/mol. The predicted molar refractivity (Wildman–Crippen MR) is 66.8 cm³/mol. The molecule has 17 heavy (non-hydrogen) atoms. The van der Waals surface area contributed by atoms with Crippen molar-refractivity contribution in [2.24, 2.45) is 5.92 Å². The third kappa shape index (κ3) is 2.16. The molecule has 0 amide bonds. The van der Waals surface area contributed by atoms with Crippen LogP contribution >= 0.6 is 0 Å². The number of fused-ring (bicyclic) bond motifs is 1. The van der Waals surface area contributed by atoms with E-state index in [2.05, 4.69) is 11.5 Å². The second-order valence-electron chi connectivity index (χ2n) is 6.11. The van der Waals surface area contributed by atoms with E-state index in [0.717, 1.165) is 38.5 Å². The first kappa shape index (κ1) is 11.7. The first-order valence-electron chi connectivity index (χ1n) is 6.85. The summed E-state index contributed by atoms with van der Waals surface area (Å²) in [5.41, 5.74) is 1.27. The third-order valence-corrected chi connectivity index (χ3v) is 4.62. The van der Waals surface area contributed by atoms with Crippen LogP contribution in [-0.2, 0) is 4.74 Å². The lowest BCUT2D eigenvalue weighted by atomic mass is 9.94. The Kier molecular flexibility index (Phi) is 3.01. The van der Waals surface area contributed by atoms with Crippen LogP contribution in [0.2, 0.25) is 0 Å². The highest BCUT2D eigenvalue weighted by Crippen LogP contribution is 2.43. The topological polar surface area (TPSA) is 32.7 Å². The van der Waals surface area contributed by atoms with Crippen LogP contribution in [0.4, 0.5) is 0 Å². The molecule has 2 atom stereocenters. The zero-order valence-corrected chi connectivity index (χ0v) is 10.5. The standard InChI is InChI=1S/C14H23NO2/c1-11-6-14(10-16)5-4-13(15(14)7-11)9-17-8-12-2-3-12/h12-13,16H,1-10H2/t13-,14-/m0/s1. The van der Waals surface area contributed by atoms with E-state index in [0.29, 0.717) is 6.04 Å². The van der Waals surface area contributed by atoms with Gasteiger partial charge in [-0.15, -0.1) is 0 Å². The number of aliphatic hydroxyl groups is 1. The van der Waals surface area contributed by atoms with Crippen molar-refractivity contribution in [1.29, 1.82) is 0 Å². The first-order chi connectivity index (χ1) is 8.23. The first-order valence-corrected chi connectivity index (χ1v) is 6.85. The predicted octanol–water partition coefficient (Wildman–Crippen LogP) is 1.57. The van der Waals surface area contributed by atoms with Gasteiger partial charge in [0.1, 0.15) is 0 Å². The molecule has 0 aromatic carbocycles. The summed E-state index contributed by atoms with van der Waals surface area (Å²) in [5, 5.41) is 9.66. The Balaban J connectivity index is 1.57. The lowest BCUT2D eigenvalue weighted by Crippen LogP contribution is -2.46. The van der Waals surface area contributed by atoms with E-state index in [1.165, 1.54) is 24.8 Å². The van der Waals surface area contributed by atoms with Gasteiger partial charge in [0.25, 0.3) is 0 Å². The summed E-state index contributed by atoms with van der Waals surface area (Å²) in [6.45, 7) is 7.10. The summed E-state index contributed by atoms with van der Waals surface area (Å²) < 4.78 is 5.82. The Bertz CT molecular complexity index is 313. The summed E-state index contributed by atoms with van der Waals surface area (Å²) >= 11 is 0. The Morgan fingerprint density at radius 2 is 2.18 bits per heavy atom. The second kappa shape index (κ2) is 4.38. The molecule has 2 saturated heterocycles. The lowest BCUT2D eigenvalue weighted by molar-refractivity contribution is 0.0304. The fraction of sp³-hybridized carbons (Fsp3) is 0.857. The van der Waals surface area contributed by atoms with Crippen molar-refractivity contribution in [2.45, 2.75) is 43.7 Å². The molecule has 3 aliphatic rings. The van der Waals surface area contributed by atoms with Crippen LogP contribution in [0, 0.1) is 5.92 Å². The van der Waals surface area contributed by atoms with Crippen LogP contribution in [0.15, 0.2) is 12.2 Å². The summed E-state index contributed by atoms with van der Waals surface area (Å²) in [6.07, 6.45) is 5.94. The average Bonchev–Trinajstić information content (AvgIpc) is 2.99. The molecule has 0 bridgehead atoms. The van der Waals surface area contributed by atoms with Crippen LogP contribution in [-0.4, -0.2) is 48.0 Å². The zero-order chi connectivity index (χ0) is 11.9. The van der Waals surface area contributed by atoms with Crippen molar-refractivity contribution in [3.8, 4) is 0 Å². The maximum Gasteiger partial charge on any atom is 0.0622 e. The Hall–Kier alpha value is -0.380. The van der Waals surface area contributed by atoms with Gasteiger partial charge >= 0.3 is 0 Å². The quantitative estimate of drug-likeness (QED) is 0.737. The molecule has 0 unspecified atom stereocenters. The molecule has 0 aromatic heterocycles. The maximum atomic E-state index is 9.66. The van der Waals surface area contributed by atoms with Crippen molar-refractivity contribution >= 4 is 0 Å². The molecule has 96 valence electrons.